The van der Waals surface area contributed by atoms with Crippen LogP contribution in [-0.2, 0) is 14.4 Å². The van der Waals surface area contributed by atoms with Crippen molar-refractivity contribution in [1.29, 1.82) is 0 Å². The van der Waals surface area contributed by atoms with Gasteiger partial charge in [0.2, 0.25) is 0 Å². The fourth-order valence-electron chi connectivity index (χ4n) is 5.85. The van der Waals surface area contributed by atoms with E-state index in [0.29, 0.717) is 41.8 Å². The zero-order valence-electron chi connectivity index (χ0n) is 21.5. The van der Waals surface area contributed by atoms with Gasteiger partial charge in [0.05, 0.1) is 10.0 Å². The quantitative estimate of drug-likeness (QED) is 0.428. The van der Waals surface area contributed by atoms with E-state index in [2.05, 4.69) is 17.1 Å². The summed E-state index contributed by atoms with van der Waals surface area (Å²) in [5.41, 5.74) is 5.74. The number of carbonyl (C=O) groups excluding carboxylic acids is 3. The first-order chi connectivity index (χ1) is 18.3. The topological polar surface area (TPSA) is 75.7 Å². The molecule has 3 aliphatic rings. The monoisotopic (exact) mass is 552 g/mol. The summed E-state index contributed by atoms with van der Waals surface area (Å²) in [7, 11) is 0. The molecule has 0 aromatic heterocycles. The lowest BCUT2D eigenvalue weighted by molar-refractivity contribution is -0.118. The number of allylic oxidation sites excluding steroid dienone is 4. The Kier molecular flexibility index (Phi) is 7.64. The van der Waals surface area contributed by atoms with Crippen molar-refractivity contribution in [2.75, 3.05) is 18.5 Å². The summed E-state index contributed by atoms with van der Waals surface area (Å²) in [5, 5.41) is 3.28. The van der Waals surface area contributed by atoms with Crippen LogP contribution < -0.4 is 10.1 Å². The number of carbonyl (C=O) groups is 3. The summed E-state index contributed by atoms with van der Waals surface area (Å²) in [6.45, 7) is 4.40. The highest BCUT2D eigenvalue weighted by Crippen LogP contribution is 2.50. The summed E-state index contributed by atoms with van der Waals surface area (Å²) in [6.07, 6.45) is 4.13. The van der Waals surface area contributed by atoms with Crippen LogP contribution in [0, 0.1) is 6.92 Å². The van der Waals surface area contributed by atoms with Crippen molar-refractivity contribution in [3.63, 3.8) is 0 Å². The van der Waals surface area contributed by atoms with Crippen molar-refractivity contribution < 1.29 is 19.1 Å². The van der Waals surface area contributed by atoms with Crippen molar-refractivity contribution in [3.8, 4) is 5.75 Å². The molecular formula is C30H30Cl2N2O4. The third-order valence-electron chi connectivity index (χ3n) is 7.52. The molecule has 0 fully saturated rings. The van der Waals surface area contributed by atoms with Gasteiger partial charge in [-0.3, -0.25) is 14.4 Å². The number of rotatable bonds is 6. The van der Waals surface area contributed by atoms with Crippen LogP contribution in [0.4, 0.5) is 5.69 Å². The Morgan fingerprint density at radius 1 is 0.974 bits per heavy atom. The van der Waals surface area contributed by atoms with Gasteiger partial charge in [-0.25, -0.2) is 0 Å². The number of benzene rings is 2. The summed E-state index contributed by atoms with van der Waals surface area (Å²) in [4.78, 5) is 41.3. The number of anilines is 1. The predicted octanol–water partition coefficient (Wildman–Crippen LogP) is 6.75. The van der Waals surface area contributed by atoms with Gasteiger partial charge in [0, 0.05) is 53.5 Å². The largest absolute Gasteiger partial charge is 0.481 e. The molecule has 6 nitrogen and oxygen atoms in total. The molecule has 2 aromatic carbocycles. The first-order valence-electron chi connectivity index (χ1n) is 13.1. The van der Waals surface area contributed by atoms with Crippen LogP contribution in [0.1, 0.15) is 62.5 Å². The van der Waals surface area contributed by atoms with Crippen LogP contribution >= 0.6 is 23.2 Å². The number of hydrogen-bond donors (Lipinski definition) is 1. The smallest absolute Gasteiger partial charge is 0.262 e. The van der Waals surface area contributed by atoms with E-state index in [-0.39, 0.29) is 39.9 Å². The number of ketones is 2. The van der Waals surface area contributed by atoms with Crippen LogP contribution in [-0.4, -0.2) is 35.5 Å². The SMILES string of the molecule is CCN1C2=C(C(=O)CCC2)C(c2cc(Cl)c(OCC(=O)Nc3ccccc3C)c(Cl)c2)C2=C1CCCC2=O. The molecule has 0 unspecified atom stereocenters. The third-order valence-corrected chi connectivity index (χ3v) is 8.08. The number of halogens is 2. The number of ether oxygens (including phenoxy) is 1. The molecule has 8 heteroatoms. The number of amides is 1. The first kappa shape index (κ1) is 26.5. The van der Waals surface area contributed by atoms with E-state index in [1.165, 1.54) is 0 Å². The molecule has 1 aliphatic heterocycles. The molecule has 1 amide bonds. The number of nitrogens with one attached hydrogen (secondary N) is 1. The average molecular weight is 553 g/mol. The van der Waals surface area contributed by atoms with E-state index in [0.717, 1.165) is 42.6 Å². The molecule has 0 bridgehead atoms. The van der Waals surface area contributed by atoms with Crippen molar-refractivity contribution in [1.82, 2.24) is 4.90 Å². The number of aryl methyl sites for hydroxylation is 1. The van der Waals surface area contributed by atoms with Crippen molar-refractivity contribution >= 4 is 46.4 Å². The molecule has 2 aliphatic carbocycles. The predicted molar refractivity (Wildman–Crippen MR) is 149 cm³/mol. The van der Waals surface area contributed by atoms with Crippen LogP contribution in [0.15, 0.2) is 58.9 Å². The normalized spacial score (nSPS) is 17.9. The van der Waals surface area contributed by atoms with Crippen molar-refractivity contribution in [3.05, 3.63) is 80.1 Å². The second-order valence-electron chi connectivity index (χ2n) is 9.92. The molecule has 1 heterocycles. The van der Waals surface area contributed by atoms with E-state index in [1.807, 2.05) is 31.2 Å². The molecule has 38 heavy (non-hydrogen) atoms. The van der Waals surface area contributed by atoms with Crippen molar-refractivity contribution in [2.24, 2.45) is 0 Å². The van der Waals surface area contributed by atoms with E-state index >= 15 is 0 Å². The maximum Gasteiger partial charge on any atom is 0.262 e. The van der Waals surface area contributed by atoms with Gasteiger partial charge in [-0.1, -0.05) is 41.4 Å². The molecule has 1 N–H and O–H groups in total. The lowest BCUT2D eigenvalue weighted by atomic mass is 9.71. The molecule has 2 aromatic rings. The minimum absolute atomic E-state index is 0.0695. The Balaban J connectivity index is 1.47. The van der Waals surface area contributed by atoms with Gasteiger partial charge in [-0.2, -0.15) is 0 Å². The highest BCUT2D eigenvalue weighted by atomic mass is 35.5. The Bertz CT molecular complexity index is 1330. The van der Waals surface area contributed by atoms with E-state index in [9.17, 15) is 14.4 Å². The lowest BCUT2D eigenvalue weighted by Crippen LogP contribution is -2.39. The van der Waals surface area contributed by atoms with Crippen LogP contribution in [0.25, 0.3) is 0 Å². The zero-order chi connectivity index (χ0) is 27.0. The molecule has 198 valence electrons. The Morgan fingerprint density at radius 3 is 2.11 bits per heavy atom. The van der Waals surface area contributed by atoms with Gasteiger partial charge in [-0.15, -0.1) is 0 Å². The highest BCUT2D eigenvalue weighted by molar-refractivity contribution is 6.37. The fraction of sp³-hybridized carbons (Fsp3) is 0.367. The van der Waals surface area contributed by atoms with Gasteiger partial charge in [0.15, 0.2) is 23.9 Å². The Hall–Kier alpha value is -3.09. The second kappa shape index (κ2) is 11.0. The molecule has 0 radical (unpaired) electrons. The maximum atomic E-state index is 13.3. The van der Waals surface area contributed by atoms with Crippen LogP contribution in [0.2, 0.25) is 10.0 Å². The van der Waals surface area contributed by atoms with E-state index in [1.54, 1.807) is 12.1 Å². The maximum absolute atomic E-state index is 13.3. The number of Topliss-reactive ketones (excluding diaryl/α,β-unsaturated/α-hetero) is 2. The summed E-state index contributed by atoms with van der Waals surface area (Å²) >= 11 is 13.3. The average Bonchev–Trinajstić information content (AvgIpc) is 2.88. The van der Waals surface area contributed by atoms with Gasteiger partial charge in [0.1, 0.15) is 0 Å². The fourth-order valence-corrected chi connectivity index (χ4v) is 6.47. The summed E-state index contributed by atoms with van der Waals surface area (Å²) in [6, 6.07) is 10.9. The molecule has 5 rings (SSSR count). The first-order valence-corrected chi connectivity index (χ1v) is 13.8. The highest BCUT2D eigenvalue weighted by Gasteiger charge is 2.43. The molecule has 0 atom stereocenters. The molecule has 0 saturated carbocycles. The van der Waals surface area contributed by atoms with Crippen molar-refractivity contribution in [2.45, 2.75) is 58.3 Å². The minimum atomic E-state index is -0.503. The second-order valence-corrected chi connectivity index (χ2v) is 10.7. The number of nitrogens with zero attached hydrogens (tertiary/aromatic N) is 1. The van der Waals surface area contributed by atoms with E-state index in [4.69, 9.17) is 27.9 Å². The van der Waals surface area contributed by atoms with Crippen LogP contribution in [0.3, 0.4) is 0 Å². The Labute approximate surface area is 232 Å². The van der Waals surface area contributed by atoms with Gasteiger partial charge in [0.25, 0.3) is 5.91 Å². The number of hydrogen-bond acceptors (Lipinski definition) is 5. The Morgan fingerprint density at radius 2 is 1.55 bits per heavy atom. The van der Waals surface area contributed by atoms with Crippen LogP contribution in [0.5, 0.6) is 5.75 Å². The zero-order valence-corrected chi connectivity index (χ0v) is 23.0. The third kappa shape index (κ3) is 4.87. The standard InChI is InChI=1S/C30H30Cl2N2O4/c1-3-34-22-10-6-12-24(35)28(22)27(29-23(34)11-7-13-25(29)36)18-14-19(31)30(20(32)15-18)38-16-26(37)33-21-9-5-4-8-17(21)2/h4-5,8-9,14-15,27H,3,6-7,10-13,16H2,1-2H3,(H,33,37). The van der Waals surface area contributed by atoms with Gasteiger partial charge in [-0.05, 0) is 68.9 Å². The number of para-hydroxylation sites is 1. The van der Waals surface area contributed by atoms with Gasteiger partial charge >= 0.3 is 0 Å². The molecule has 0 saturated heterocycles. The summed E-state index contributed by atoms with van der Waals surface area (Å²) < 4.78 is 5.73. The summed E-state index contributed by atoms with van der Waals surface area (Å²) in [5.74, 6) is -0.513. The lowest BCUT2D eigenvalue weighted by Gasteiger charge is -2.43. The van der Waals surface area contributed by atoms with E-state index < -0.39 is 5.92 Å². The minimum Gasteiger partial charge on any atom is -0.481 e. The molecular weight excluding hydrogens is 523 g/mol. The molecule has 0 spiro atoms. The van der Waals surface area contributed by atoms with Gasteiger partial charge < -0.3 is 15.0 Å².